The number of hydrogen-bond donors (Lipinski definition) is 1. The molecule has 0 aliphatic heterocycles. The Hall–Kier alpha value is -3.02. The number of aliphatic carboxylic acids is 1. The summed E-state index contributed by atoms with van der Waals surface area (Å²) in [6.45, 7) is 0. The van der Waals surface area contributed by atoms with Crippen molar-refractivity contribution >= 4 is 17.6 Å². The van der Waals surface area contributed by atoms with Crippen LogP contribution in [0.15, 0.2) is 36.7 Å². The molecular formula is C17H17NO5. The molecule has 2 rings (SSSR count). The van der Waals surface area contributed by atoms with Crippen molar-refractivity contribution in [3.05, 3.63) is 47.8 Å². The van der Waals surface area contributed by atoms with Crippen molar-refractivity contribution in [2.75, 3.05) is 21.3 Å². The van der Waals surface area contributed by atoms with Crippen LogP contribution in [0.4, 0.5) is 0 Å². The topological polar surface area (TPSA) is 77.9 Å². The minimum absolute atomic E-state index is 0.0778. The molecule has 0 aliphatic rings. The molecule has 2 aromatic rings. The fraction of sp³-hybridized carbons (Fsp3) is 0.176. The van der Waals surface area contributed by atoms with Crippen LogP contribution in [0.3, 0.4) is 0 Å². The number of pyridine rings is 1. The van der Waals surface area contributed by atoms with Crippen molar-refractivity contribution in [1.82, 2.24) is 4.98 Å². The van der Waals surface area contributed by atoms with Gasteiger partial charge in [0, 0.05) is 18.0 Å². The van der Waals surface area contributed by atoms with Crippen molar-refractivity contribution < 1.29 is 24.1 Å². The number of carbonyl (C=O) groups is 1. The number of ether oxygens (including phenoxy) is 3. The molecule has 0 fully saturated rings. The average molecular weight is 315 g/mol. The van der Waals surface area contributed by atoms with Gasteiger partial charge >= 0.3 is 5.97 Å². The lowest BCUT2D eigenvalue weighted by Gasteiger charge is -2.16. The van der Waals surface area contributed by atoms with Crippen LogP contribution in [-0.2, 0) is 4.79 Å². The Bertz CT molecular complexity index is 725. The Morgan fingerprint density at radius 3 is 2.17 bits per heavy atom. The van der Waals surface area contributed by atoms with E-state index in [4.69, 9.17) is 14.2 Å². The Labute approximate surface area is 134 Å². The summed E-state index contributed by atoms with van der Waals surface area (Å²) >= 11 is 0. The normalized spacial score (nSPS) is 11.0. The van der Waals surface area contributed by atoms with Gasteiger partial charge in [0.2, 0.25) is 5.75 Å². The fourth-order valence-electron chi connectivity index (χ4n) is 2.19. The zero-order chi connectivity index (χ0) is 16.8. The van der Waals surface area contributed by atoms with E-state index in [1.807, 2.05) is 0 Å². The summed E-state index contributed by atoms with van der Waals surface area (Å²) in [4.78, 5) is 15.6. The third kappa shape index (κ3) is 3.42. The molecule has 6 heteroatoms. The second-order valence-corrected chi connectivity index (χ2v) is 4.53. The van der Waals surface area contributed by atoms with Crippen molar-refractivity contribution in [3.8, 4) is 17.2 Å². The number of aromatic nitrogens is 1. The van der Waals surface area contributed by atoms with Gasteiger partial charge in [0.05, 0.1) is 26.9 Å². The number of nitrogens with zero attached hydrogens (tertiary/aromatic N) is 1. The molecule has 1 aromatic carbocycles. The molecule has 0 bridgehead atoms. The molecule has 0 saturated carbocycles. The smallest absolute Gasteiger partial charge is 0.336 e. The van der Waals surface area contributed by atoms with Crippen molar-refractivity contribution in [2.24, 2.45) is 0 Å². The summed E-state index contributed by atoms with van der Waals surface area (Å²) in [5.74, 6) is 0.0259. The van der Waals surface area contributed by atoms with E-state index in [2.05, 4.69) is 4.98 Å². The van der Waals surface area contributed by atoms with Crippen LogP contribution >= 0.6 is 0 Å². The quantitative estimate of drug-likeness (QED) is 0.826. The first-order valence-corrected chi connectivity index (χ1v) is 6.76. The molecule has 0 aliphatic carbocycles. The lowest BCUT2D eigenvalue weighted by Crippen LogP contribution is -2.04. The zero-order valence-corrected chi connectivity index (χ0v) is 13.1. The zero-order valence-electron chi connectivity index (χ0n) is 13.1. The Balaban J connectivity index is 2.65. The van der Waals surface area contributed by atoms with Gasteiger partial charge in [0.1, 0.15) is 0 Å². The van der Waals surface area contributed by atoms with Crippen LogP contribution in [0.1, 0.15) is 11.1 Å². The number of carboxylic acid groups (broad SMARTS) is 1. The predicted molar refractivity (Wildman–Crippen MR) is 85.8 cm³/mol. The monoisotopic (exact) mass is 315 g/mol. The molecule has 0 unspecified atom stereocenters. The van der Waals surface area contributed by atoms with Crippen LogP contribution < -0.4 is 14.2 Å². The van der Waals surface area contributed by atoms with Crippen LogP contribution in [0.25, 0.3) is 11.6 Å². The van der Waals surface area contributed by atoms with E-state index < -0.39 is 5.97 Å². The highest BCUT2D eigenvalue weighted by Gasteiger charge is 2.21. The van der Waals surface area contributed by atoms with Crippen molar-refractivity contribution in [3.63, 3.8) is 0 Å². The van der Waals surface area contributed by atoms with E-state index in [9.17, 15) is 9.90 Å². The lowest BCUT2D eigenvalue weighted by molar-refractivity contribution is -0.130. The third-order valence-corrected chi connectivity index (χ3v) is 3.24. The highest BCUT2D eigenvalue weighted by molar-refractivity contribution is 6.21. The molecule has 1 aromatic heterocycles. The predicted octanol–water partition coefficient (Wildman–Crippen LogP) is 2.73. The maximum absolute atomic E-state index is 11.7. The van der Waals surface area contributed by atoms with Gasteiger partial charge in [0.15, 0.2) is 11.5 Å². The van der Waals surface area contributed by atoms with Crippen LogP contribution in [-0.4, -0.2) is 37.4 Å². The van der Waals surface area contributed by atoms with Crippen molar-refractivity contribution in [1.29, 1.82) is 0 Å². The molecule has 23 heavy (non-hydrogen) atoms. The first kappa shape index (κ1) is 16.4. The van der Waals surface area contributed by atoms with E-state index in [1.165, 1.54) is 21.3 Å². The van der Waals surface area contributed by atoms with Gasteiger partial charge in [-0.25, -0.2) is 4.79 Å². The molecule has 0 radical (unpaired) electrons. The summed E-state index contributed by atoms with van der Waals surface area (Å²) in [5.41, 5.74) is 1.19. The van der Waals surface area contributed by atoms with Gasteiger partial charge < -0.3 is 19.3 Å². The van der Waals surface area contributed by atoms with Crippen molar-refractivity contribution in [2.45, 2.75) is 0 Å². The van der Waals surface area contributed by atoms with Gasteiger partial charge in [-0.2, -0.15) is 0 Å². The molecular weight excluding hydrogens is 298 g/mol. The summed E-state index contributed by atoms with van der Waals surface area (Å²) < 4.78 is 15.9. The number of rotatable bonds is 6. The largest absolute Gasteiger partial charge is 0.493 e. The third-order valence-electron chi connectivity index (χ3n) is 3.24. The Kier molecular flexibility index (Phi) is 5.19. The van der Waals surface area contributed by atoms with Gasteiger partial charge in [-0.3, -0.25) is 4.98 Å². The molecule has 0 atom stereocenters. The SMILES string of the molecule is COc1ccc(/C(=C/c2ccncc2)C(=O)O)c(OC)c1OC. The second-order valence-electron chi connectivity index (χ2n) is 4.53. The van der Waals surface area contributed by atoms with Crippen LogP contribution in [0.2, 0.25) is 0 Å². The number of benzene rings is 1. The first-order valence-electron chi connectivity index (χ1n) is 6.76. The van der Waals surface area contributed by atoms with Gasteiger partial charge in [-0.05, 0) is 35.9 Å². The van der Waals surface area contributed by atoms with E-state index in [-0.39, 0.29) is 5.57 Å². The number of hydrogen-bond acceptors (Lipinski definition) is 5. The minimum atomic E-state index is -1.08. The fourth-order valence-corrected chi connectivity index (χ4v) is 2.19. The molecule has 6 nitrogen and oxygen atoms in total. The van der Waals surface area contributed by atoms with E-state index in [1.54, 1.807) is 42.7 Å². The molecule has 0 amide bonds. The summed E-state index contributed by atoms with van der Waals surface area (Å²) in [5, 5.41) is 9.59. The second kappa shape index (κ2) is 7.31. The van der Waals surface area contributed by atoms with E-state index in [0.29, 0.717) is 28.4 Å². The summed E-state index contributed by atoms with van der Waals surface area (Å²) in [7, 11) is 4.42. The van der Waals surface area contributed by atoms with Gasteiger partial charge in [-0.15, -0.1) is 0 Å². The van der Waals surface area contributed by atoms with Crippen LogP contribution in [0.5, 0.6) is 17.2 Å². The molecule has 0 spiro atoms. The molecule has 120 valence electrons. The Morgan fingerprint density at radius 2 is 1.65 bits per heavy atom. The number of methoxy groups -OCH3 is 3. The highest BCUT2D eigenvalue weighted by atomic mass is 16.5. The standard InChI is InChI=1S/C17H17NO5/c1-21-14-5-4-12(15(22-2)16(14)23-3)13(17(19)20)10-11-6-8-18-9-7-11/h4-10H,1-3H3,(H,19,20)/b13-10-. The van der Waals surface area contributed by atoms with E-state index in [0.717, 1.165) is 0 Å². The van der Waals surface area contributed by atoms with Gasteiger partial charge in [0.25, 0.3) is 0 Å². The maximum atomic E-state index is 11.7. The Morgan fingerprint density at radius 1 is 1.00 bits per heavy atom. The lowest BCUT2D eigenvalue weighted by atomic mass is 10.0. The van der Waals surface area contributed by atoms with Gasteiger partial charge in [-0.1, -0.05) is 0 Å². The molecule has 0 saturated heterocycles. The summed E-state index contributed by atoms with van der Waals surface area (Å²) in [6.07, 6.45) is 4.74. The highest BCUT2D eigenvalue weighted by Crippen LogP contribution is 2.42. The minimum Gasteiger partial charge on any atom is -0.493 e. The summed E-state index contributed by atoms with van der Waals surface area (Å²) in [6, 6.07) is 6.70. The first-order chi connectivity index (χ1) is 11.1. The van der Waals surface area contributed by atoms with E-state index >= 15 is 0 Å². The maximum Gasteiger partial charge on any atom is 0.336 e. The average Bonchev–Trinajstić information content (AvgIpc) is 2.58. The molecule has 1 heterocycles. The molecule has 1 N–H and O–H groups in total. The number of carboxylic acids is 1. The van der Waals surface area contributed by atoms with Crippen LogP contribution in [0, 0.1) is 0 Å².